The van der Waals surface area contributed by atoms with Crippen molar-refractivity contribution in [3.63, 3.8) is 0 Å². The van der Waals surface area contributed by atoms with Crippen molar-refractivity contribution in [2.75, 3.05) is 11.9 Å². The fourth-order valence-corrected chi connectivity index (χ4v) is 2.70. The van der Waals surface area contributed by atoms with Crippen LogP contribution in [0.1, 0.15) is 42.6 Å². The monoisotopic (exact) mass is 253 g/mol. The Balaban J connectivity index is 1.87. The minimum atomic E-state index is 0.361. The van der Waals surface area contributed by atoms with Crippen LogP contribution in [-0.4, -0.2) is 16.5 Å². The van der Waals surface area contributed by atoms with Crippen LogP contribution in [0.5, 0.6) is 0 Å². The van der Waals surface area contributed by atoms with Crippen molar-refractivity contribution in [1.29, 1.82) is 0 Å². The molecule has 1 aliphatic rings. The van der Waals surface area contributed by atoms with Gasteiger partial charge in [-0.1, -0.05) is 19.1 Å². The van der Waals surface area contributed by atoms with Crippen LogP contribution in [0, 0.1) is 0 Å². The molecule has 1 unspecified atom stereocenters. The van der Waals surface area contributed by atoms with Crippen LogP contribution >= 0.6 is 0 Å². The van der Waals surface area contributed by atoms with E-state index >= 15 is 0 Å². The molecule has 98 valence electrons. The third-order valence-electron chi connectivity index (χ3n) is 3.64. The Morgan fingerprint density at radius 2 is 2.21 bits per heavy atom. The first-order valence-corrected chi connectivity index (χ1v) is 7.03. The second-order valence-corrected chi connectivity index (χ2v) is 5.01. The van der Waals surface area contributed by atoms with Crippen molar-refractivity contribution < 1.29 is 0 Å². The Morgan fingerprint density at radius 3 is 3.11 bits per heavy atom. The van der Waals surface area contributed by atoms with Crippen LogP contribution < -0.4 is 5.32 Å². The molecule has 2 aromatic heterocycles. The van der Waals surface area contributed by atoms with Crippen molar-refractivity contribution in [2.45, 2.75) is 32.1 Å². The van der Waals surface area contributed by atoms with Gasteiger partial charge in [-0.05, 0) is 43.0 Å². The summed E-state index contributed by atoms with van der Waals surface area (Å²) in [4.78, 5) is 9.29. The molecular formula is C16H19N3. The molecule has 2 aromatic rings. The number of nitrogens with one attached hydrogen (secondary N) is 1. The molecule has 0 fully saturated rings. The topological polar surface area (TPSA) is 37.8 Å². The Kier molecular flexibility index (Phi) is 3.45. The minimum absolute atomic E-state index is 0.361. The second kappa shape index (κ2) is 5.39. The predicted octanol–water partition coefficient (Wildman–Crippen LogP) is 3.38. The van der Waals surface area contributed by atoms with Gasteiger partial charge in [-0.25, -0.2) is 4.98 Å². The van der Waals surface area contributed by atoms with E-state index in [1.54, 1.807) is 0 Å². The Hall–Kier alpha value is -1.90. The molecule has 1 aliphatic carbocycles. The zero-order valence-electron chi connectivity index (χ0n) is 11.3. The van der Waals surface area contributed by atoms with Crippen molar-refractivity contribution in [3.05, 3.63) is 53.5 Å². The summed E-state index contributed by atoms with van der Waals surface area (Å²) in [5.41, 5.74) is 3.72. The molecule has 0 aliphatic heterocycles. The van der Waals surface area contributed by atoms with Gasteiger partial charge < -0.3 is 5.32 Å². The summed E-state index contributed by atoms with van der Waals surface area (Å²) in [7, 11) is 0. The van der Waals surface area contributed by atoms with E-state index in [-0.39, 0.29) is 0 Å². The van der Waals surface area contributed by atoms with E-state index < -0.39 is 0 Å². The van der Waals surface area contributed by atoms with Gasteiger partial charge in [0.1, 0.15) is 5.82 Å². The van der Waals surface area contributed by atoms with Crippen molar-refractivity contribution >= 4 is 5.82 Å². The summed E-state index contributed by atoms with van der Waals surface area (Å²) in [6, 6.07) is 10.4. The van der Waals surface area contributed by atoms with Gasteiger partial charge >= 0.3 is 0 Å². The third kappa shape index (κ3) is 2.46. The number of pyridine rings is 2. The molecule has 19 heavy (non-hydrogen) atoms. The van der Waals surface area contributed by atoms with Gasteiger partial charge in [0.05, 0.1) is 11.4 Å². The molecule has 3 rings (SSSR count). The normalized spacial score (nSPS) is 17.2. The van der Waals surface area contributed by atoms with E-state index in [1.807, 2.05) is 18.3 Å². The number of aryl methyl sites for hydroxylation is 1. The molecule has 3 heteroatoms. The highest BCUT2D eigenvalue weighted by atomic mass is 15.0. The van der Waals surface area contributed by atoms with Gasteiger partial charge in [0.25, 0.3) is 0 Å². The van der Waals surface area contributed by atoms with Gasteiger partial charge in [-0.15, -0.1) is 0 Å². The van der Waals surface area contributed by atoms with Crippen molar-refractivity contribution in [1.82, 2.24) is 9.97 Å². The first-order valence-electron chi connectivity index (χ1n) is 7.03. The van der Waals surface area contributed by atoms with E-state index in [0.29, 0.717) is 5.92 Å². The molecule has 2 heterocycles. The molecule has 1 atom stereocenters. The highest BCUT2D eigenvalue weighted by Gasteiger charge is 2.26. The third-order valence-corrected chi connectivity index (χ3v) is 3.64. The average molecular weight is 253 g/mol. The maximum Gasteiger partial charge on any atom is 0.126 e. The molecule has 0 bridgehead atoms. The van der Waals surface area contributed by atoms with E-state index in [9.17, 15) is 0 Å². The summed E-state index contributed by atoms with van der Waals surface area (Å²) >= 11 is 0. The Morgan fingerprint density at radius 1 is 1.26 bits per heavy atom. The molecule has 1 N–H and O–H groups in total. The number of rotatable bonds is 4. The lowest BCUT2D eigenvalue weighted by atomic mass is 10.0. The molecular weight excluding hydrogens is 234 g/mol. The van der Waals surface area contributed by atoms with Gasteiger partial charge in [0.15, 0.2) is 0 Å². The maximum atomic E-state index is 4.74. The lowest BCUT2D eigenvalue weighted by Crippen LogP contribution is -2.06. The smallest absolute Gasteiger partial charge is 0.126 e. The van der Waals surface area contributed by atoms with Crippen LogP contribution in [0.2, 0.25) is 0 Å². The Labute approximate surface area is 114 Å². The summed E-state index contributed by atoms with van der Waals surface area (Å²) in [5.74, 6) is 1.34. The SMILES string of the molecule is CCCNc1cccc(C2CCc3cccnc32)n1. The van der Waals surface area contributed by atoms with Crippen LogP contribution in [0.3, 0.4) is 0 Å². The summed E-state index contributed by atoms with van der Waals surface area (Å²) in [6.45, 7) is 3.13. The summed E-state index contributed by atoms with van der Waals surface area (Å²) in [6.07, 6.45) is 5.23. The number of nitrogens with zero attached hydrogens (tertiary/aromatic N) is 2. The molecule has 0 saturated heterocycles. The standard InChI is InChI=1S/C16H19N3/c1-2-10-17-15-7-3-6-14(19-15)13-9-8-12-5-4-11-18-16(12)13/h3-7,11,13H,2,8-10H2,1H3,(H,17,19). The minimum Gasteiger partial charge on any atom is -0.370 e. The largest absolute Gasteiger partial charge is 0.370 e. The fourth-order valence-electron chi connectivity index (χ4n) is 2.70. The number of fused-ring (bicyclic) bond motifs is 1. The van der Waals surface area contributed by atoms with E-state index in [2.05, 4.69) is 35.4 Å². The lowest BCUT2D eigenvalue weighted by molar-refractivity contribution is 0.746. The molecule has 0 aromatic carbocycles. The van der Waals surface area contributed by atoms with Crippen molar-refractivity contribution in [2.24, 2.45) is 0 Å². The van der Waals surface area contributed by atoms with Crippen LogP contribution in [0.15, 0.2) is 36.5 Å². The molecule has 0 amide bonds. The fraction of sp³-hybridized carbons (Fsp3) is 0.375. The first-order chi connectivity index (χ1) is 9.38. The van der Waals surface area contributed by atoms with Crippen molar-refractivity contribution in [3.8, 4) is 0 Å². The highest BCUT2D eigenvalue weighted by Crippen LogP contribution is 2.35. The van der Waals surface area contributed by atoms with Gasteiger partial charge in [0.2, 0.25) is 0 Å². The average Bonchev–Trinajstić information content (AvgIpc) is 2.89. The summed E-state index contributed by atoms with van der Waals surface area (Å²) in [5, 5.41) is 3.35. The van der Waals surface area contributed by atoms with Crippen LogP contribution in [0.4, 0.5) is 5.82 Å². The number of hydrogen-bond donors (Lipinski definition) is 1. The van der Waals surface area contributed by atoms with E-state index in [4.69, 9.17) is 4.98 Å². The van der Waals surface area contributed by atoms with Gasteiger partial charge in [-0.3, -0.25) is 4.98 Å². The van der Waals surface area contributed by atoms with Crippen LogP contribution in [0.25, 0.3) is 0 Å². The zero-order valence-corrected chi connectivity index (χ0v) is 11.3. The van der Waals surface area contributed by atoms with Gasteiger partial charge in [0, 0.05) is 18.7 Å². The molecule has 0 spiro atoms. The number of hydrogen-bond acceptors (Lipinski definition) is 3. The Bertz CT molecular complexity index is 565. The second-order valence-electron chi connectivity index (χ2n) is 5.01. The summed E-state index contributed by atoms with van der Waals surface area (Å²) < 4.78 is 0. The van der Waals surface area contributed by atoms with Gasteiger partial charge in [-0.2, -0.15) is 0 Å². The predicted molar refractivity (Wildman–Crippen MR) is 77.4 cm³/mol. The maximum absolute atomic E-state index is 4.74. The number of anilines is 1. The molecule has 0 saturated carbocycles. The first kappa shape index (κ1) is 12.2. The molecule has 0 radical (unpaired) electrons. The zero-order chi connectivity index (χ0) is 13.1. The highest BCUT2D eigenvalue weighted by molar-refractivity contribution is 5.40. The van der Waals surface area contributed by atoms with E-state index in [0.717, 1.165) is 37.3 Å². The number of aromatic nitrogens is 2. The quantitative estimate of drug-likeness (QED) is 0.907. The van der Waals surface area contributed by atoms with E-state index in [1.165, 1.54) is 11.3 Å². The van der Waals surface area contributed by atoms with Crippen LogP contribution in [-0.2, 0) is 6.42 Å². The lowest BCUT2D eigenvalue weighted by Gasteiger charge is -2.12. The molecule has 3 nitrogen and oxygen atoms in total.